The van der Waals surface area contributed by atoms with E-state index in [2.05, 4.69) is 53.1 Å². The van der Waals surface area contributed by atoms with Crippen molar-refractivity contribution in [3.63, 3.8) is 0 Å². The first-order valence-electron chi connectivity index (χ1n) is 6.04. The van der Waals surface area contributed by atoms with Crippen LogP contribution < -0.4 is 5.32 Å². The maximum Gasteiger partial charge on any atom is 0.271 e. The molecular formula is C14H9Br3N2O3. The average Bonchev–Trinajstić information content (AvgIpc) is 2.46. The number of nitrogens with one attached hydrogen (secondary N) is 1. The van der Waals surface area contributed by atoms with Crippen LogP contribution in [-0.2, 0) is 0 Å². The third-order valence-electron chi connectivity index (χ3n) is 2.83. The number of hydrogen-bond acceptors (Lipinski definition) is 4. The number of anilines is 1. The van der Waals surface area contributed by atoms with Gasteiger partial charge in [-0.2, -0.15) is 0 Å². The molecule has 0 amide bonds. The van der Waals surface area contributed by atoms with Crippen molar-refractivity contribution in [3.05, 3.63) is 65.5 Å². The zero-order valence-electron chi connectivity index (χ0n) is 11.0. The summed E-state index contributed by atoms with van der Waals surface area (Å²) in [6.07, 6.45) is 0. The molecule has 0 radical (unpaired) electrons. The smallest absolute Gasteiger partial charge is 0.271 e. The second-order valence-electron chi connectivity index (χ2n) is 4.33. The SMILES string of the molecule is O=C(CNc1c(Br)cc([N+](=O)[O-])cc1Br)c1ccc(Br)cc1. The topological polar surface area (TPSA) is 72.2 Å². The van der Waals surface area contributed by atoms with E-state index in [0.717, 1.165) is 4.47 Å². The molecule has 0 bridgehead atoms. The maximum atomic E-state index is 12.1. The van der Waals surface area contributed by atoms with Crippen LogP contribution in [0.4, 0.5) is 11.4 Å². The van der Waals surface area contributed by atoms with Gasteiger partial charge in [0.15, 0.2) is 5.78 Å². The normalized spacial score (nSPS) is 10.3. The number of nitro benzene ring substituents is 1. The number of carbonyl (C=O) groups excluding carboxylic acids is 1. The van der Waals surface area contributed by atoms with E-state index in [0.29, 0.717) is 20.2 Å². The summed E-state index contributed by atoms with van der Waals surface area (Å²) in [5, 5.41) is 13.8. The largest absolute Gasteiger partial charge is 0.376 e. The summed E-state index contributed by atoms with van der Waals surface area (Å²) in [5.74, 6) is -0.0790. The minimum absolute atomic E-state index is 0.0384. The second-order valence-corrected chi connectivity index (χ2v) is 6.95. The fraction of sp³-hybridized carbons (Fsp3) is 0.0714. The molecule has 2 aromatic rings. The molecule has 0 saturated carbocycles. The van der Waals surface area contributed by atoms with Gasteiger partial charge in [-0.25, -0.2) is 0 Å². The zero-order valence-corrected chi connectivity index (χ0v) is 15.7. The van der Waals surface area contributed by atoms with E-state index in [-0.39, 0.29) is 18.0 Å². The van der Waals surface area contributed by atoms with E-state index >= 15 is 0 Å². The highest BCUT2D eigenvalue weighted by Crippen LogP contribution is 2.35. The van der Waals surface area contributed by atoms with E-state index in [4.69, 9.17) is 0 Å². The Morgan fingerprint density at radius 2 is 1.64 bits per heavy atom. The number of Topliss-reactive ketones (excluding diaryl/α,β-unsaturated/α-hetero) is 1. The maximum absolute atomic E-state index is 12.1. The van der Waals surface area contributed by atoms with Crippen LogP contribution in [0.3, 0.4) is 0 Å². The second kappa shape index (κ2) is 7.34. The first kappa shape index (κ1) is 17.1. The molecule has 0 aromatic heterocycles. The predicted octanol–water partition coefficient (Wildman–Crippen LogP) is 5.18. The molecule has 1 N–H and O–H groups in total. The highest BCUT2D eigenvalue weighted by molar-refractivity contribution is 9.11. The lowest BCUT2D eigenvalue weighted by Gasteiger charge is -2.10. The molecule has 0 aliphatic carbocycles. The van der Waals surface area contributed by atoms with E-state index in [9.17, 15) is 14.9 Å². The standard InChI is InChI=1S/C14H9Br3N2O3/c15-9-3-1-8(2-4-9)13(20)7-18-14-11(16)5-10(19(21)22)6-12(14)17/h1-6,18H,7H2. The number of nitro groups is 1. The molecule has 0 fully saturated rings. The van der Waals surface area contributed by atoms with Gasteiger partial charge in [-0.05, 0) is 44.0 Å². The lowest BCUT2D eigenvalue weighted by atomic mass is 10.1. The fourth-order valence-electron chi connectivity index (χ4n) is 1.74. The Morgan fingerprint density at radius 1 is 1.09 bits per heavy atom. The highest BCUT2D eigenvalue weighted by Gasteiger charge is 2.15. The molecule has 0 heterocycles. The number of carbonyl (C=O) groups is 1. The number of ketones is 1. The summed E-state index contributed by atoms with van der Waals surface area (Å²) >= 11 is 9.85. The Bertz CT molecular complexity index is 710. The Morgan fingerprint density at radius 3 is 2.14 bits per heavy atom. The fourth-order valence-corrected chi connectivity index (χ4v) is 3.45. The van der Waals surface area contributed by atoms with Gasteiger partial charge in [0.1, 0.15) is 0 Å². The molecular weight excluding hydrogens is 484 g/mol. The van der Waals surface area contributed by atoms with Crippen LogP contribution >= 0.6 is 47.8 Å². The molecule has 8 heteroatoms. The van der Waals surface area contributed by atoms with Crippen LogP contribution in [-0.4, -0.2) is 17.3 Å². The first-order chi connectivity index (χ1) is 10.4. The van der Waals surface area contributed by atoms with Crippen molar-refractivity contribution in [2.45, 2.75) is 0 Å². The molecule has 0 aliphatic heterocycles. The summed E-state index contributed by atoms with van der Waals surface area (Å²) in [4.78, 5) is 22.4. The zero-order chi connectivity index (χ0) is 16.3. The highest BCUT2D eigenvalue weighted by atomic mass is 79.9. The molecule has 114 valence electrons. The van der Waals surface area contributed by atoms with Crippen LogP contribution in [0.1, 0.15) is 10.4 Å². The van der Waals surface area contributed by atoms with Crippen LogP contribution in [0.5, 0.6) is 0 Å². The molecule has 0 saturated heterocycles. The molecule has 0 unspecified atom stereocenters. The van der Waals surface area contributed by atoms with Gasteiger partial charge in [0.25, 0.3) is 5.69 Å². The van der Waals surface area contributed by atoms with E-state index in [1.165, 1.54) is 12.1 Å². The van der Waals surface area contributed by atoms with Crippen LogP contribution in [0.15, 0.2) is 49.8 Å². The van der Waals surface area contributed by atoms with Crippen molar-refractivity contribution in [1.82, 2.24) is 0 Å². The van der Waals surface area contributed by atoms with Crippen molar-refractivity contribution in [3.8, 4) is 0 Å². The minimum atomic E-state index is -0.480. The number of rotatable bonds is 5. The Labute approximate surface area is 151 Å². The van der Waals surface area contributed by atoms with Crippen LogP contribution in [0, 0.1) is 10.1 Å². The third-order valence-corrected chi connectivity index (χ3v) is 4.61. The number of non-ortho nitro benzene ring substituents is 1. The summed E-state index contributed by atoms with van der Waals surface area (Å²) in [6.45, 7) is 0.0800. The monoisotopic (exact) mass is 490 g/mol. The summed E-state index contributed by atoms with van der Waals surface area (Å²) in [7, 11) is 0. The quantitative estimate of drug-likeness (QED) is 0.355. The van der Waals surface area contributed by atoms with Gasteiger partial charge in [-0.3, -0.25) is 14.9 Å². The minimum Gasteiger partial charge on any atom is -0.376 e. The van der Waals surface area contributed by atoms with Gasteiger partial charge in [0.2, 0.25) is 0 Å². The molecule has 0 aliphatic rings. The first-order valence-corrected chi connectivity index (χ1v) is 8.42. The summed E-state index contributed by atoms with van der Waals surface area (Å²) in [6, 6.07) is 9.83. The third kappa shape index (κ3) is 4.15. The van der Waals surface area contributed by atoms with Crippen molar-refractivity contribution >= 4 is 64.9 Å². The number of halogens is 3. The Balaban J connectivity index is 2.13. The number of hydrogen-bond donors (Lipinski definition) is 1. The van der Waals surface area contributed by atoms with E-state index < -0.39 is 4.92 Å². The van der Waals surface area contributed by atoms with Gasteiger partial charge < -0.3 is 5.32 Å². The van der Waals surface area contributed by atoms with Crippen molar-refractivity contribution in [2.24, 2.45) is 0 Å². The van der Waals surface area contributed by atoms with Gasteiger partial charge in [0.05, 0.1) is 17.2 Å². The van der Waals surface area contributed by atoms with E-state index in [1.54, 1.807) is 24.3 Å². The van der Waals surface area contributed by atoms with Crippen LogP contribution in [0.2, 0.25) is 0 Å². The van der Waals surface area contributed by atoms with E-state index in [1.807, 2.05) is 0 Å². The molecule has 0 spiro atoms. The average molecular weight is 493 g/mol. The summed E-state index contributed by atoms with van der Waals surface area (Å²) < 4.78 is 1.92. The van der Waals surface area contributed by atoms with Crippen molar-refractivity contribution in [2.75, 3.05) is 11.9 Å². The summed E-state index contributed by atoms with van der Waals surface area (Å²) in [5.41, 5.74) is 1.14. The molecule has 0 atom stereocenters. The van der Waals surface area contributed by atoms with Gasteiger partial charge in [0, 0.05) is 31.1 Å². The van der Waals surface area contributed by atoms with Gasteiger partial charge in [-0.15, -0.1) is 0 Å². The van der Waals surface area contributed by atoms with Crippen LogP contribution in [0.25, 0.3) is 0 Å². The Kier molecular flexibility index (Phi) is 5.71. The molecule has 5 nitrogen and oxygen atoms in total. The molecule has 2 rings (SSSR count). The molecule has 2 aromatic carbocycles. The Hall–Kier alpha value is -1.25. The number of nitrogens with zero attached hydrogens (tertiary/aromatic N) is 1. The lowest BCUT2D eigenvalue weighted by Crippen LogP contribution is -2.14. The van der Waals surface area contributed by atoms with Crippen molar-refractivity contribution < 1.29 is 9.72 Å². The molecule has 22 heavy (non-hydrogen) atoms. The van der Waals surface area contributed by atoms with Gasteiger partial charge in [-0.1, -0.05) is 28.1 Å². The predicted molar refractivity (Wildman–Crippen MR) is 95.5 cm³/mol. The number of benzene rings is 2. The van der Waals surface area contributed by atoms with Gasteiger partial charge >= 0.3 is 0 Å². The van der Waals surface area contributed by atoms with Crippen molar-refractivity contribution in [1.29, 1.82) is 0 Å². The lowest BCUT2D eigenvalue weighted by molar-refractivity contribution is -0.385.